The van der Waals surface area contributed by atoms with Gasteiger partial charge in [-0.2, -0.15) is 0 Å². The SMILES string of the molecule is CCNC(=O)[C@@H](Cc1ccccc1)N(Cc1cccc(Br)c1)C(=O)CN(c1ccc(Cl)cc1Cl)S(C)(=O)=O. The van der Waals surface area contributed by atoms with Crippen molar-refractivity contribution >= 4 is 66.7 Å². The summed E-state index contributed by atoms with van der Waals surface area (Å²) < 4.78 is 27.4. The lowest BCUT2D eigenvalue weighted by molar-refractivity contribution is -0.140. The van der Waals surface area contributed by atoms with Crippen LogP contribution in [0.25, 0.3) is 0 Å². The van der Waals surface area contributed by atoms with E-state index < -0.39 is 28.5 Å². The number of hydrogen-bond donors (Lipinski definition) is 1. The lowest BCUT2D eigenvalue weighted by Crippen LogP contribution is -2.53. The first kappa shape index (κ1) is 30.0. The average molecular weight is 641 g/mol. The topological polar surface area (TPSA) is 86.8 Å². The van der Waals surface area contributed by atoms with Crippen molar-refractivity contribution in [3.05, 3.63) is 98.4 Å². The fourth-order valence-corrected chi connectivity index (χ4v) is 5.83. The predicted octanol–water partition coefficient (Wildman–Crippen LogP) is 5.30. The van der Waals surface area contributed by atoms with E-state index in [2.05, 4.69) is 21.2 Å². The van der Waals surface area contributed by atoms with Crippen LogP contribution in [-0.2, 0) is 32.6 Å². The monoisotopic (exact) mass is 639 g/mol. The molecule has 0 heterocycles. The minimum atomic E-state index is -3.93. The molecule has 0 aliphatic rings. The van der Waals surface area contributed by atoms with Crippen molar-refractivity contribution in [1.82, 2.24) is 10.2 Å². The summed E-state index contributed by atoms with van der Waals surface area (Å²) in [5, 5.41) is 3.23. The molecular formula is C27H28BrCl2N3O4S. The molecular weight excluding hydrogens is 613 g/mol. The van der Waals surface area contributed by atoms with E-state index >= 15 is 0 Å². The number of anilines is 1. The first-order valence-electron chi connectivity index (χ1n) is 11.8. The van der Waals surface area contributed by atoms with Crippen LogP contribution in [0, 0.1) is 0 Å². The molecule has 3 rings (SSSR count). The summed E-state index contributed by atoms with van der Waals surface area (Å²) in [6, 6.07) is 20.2. The summed E-state index contributed by atoms with van der Waals surface area (Å²) in [5.41, 5.74) is 1.74. The van der Waals surface area contributed by atoms with Crippen molar-refractivity contribution in [2.45, 2.75) is 25.9 Å². The third-order valence-corrected chi connectivity index (χ3v) is 7.88. The Bertz CT molecular complexity index is 1390. The minimum absolute atomic E-state index is 0.0822. The van der Waals surface area contributed by atoms with Crippen LogP contribution >= 0.6 is 39.1 Å². The standard InChI is InChI=1S/C27H28BrCl2N3O4S/c1-3-31-27(35)25(15-19-8-5-4-6-9-19)32(17-20-10-7-11-21(28)14-20)26(34)18-33(38(2,36)37)24-13-12-22(29)16-23(24)30/h4-14,16,25H,3,15,17-18H2,1-2H3,(H,31,35)/t25-/m1/s1. The van der Waals surface area contributed by atoms with Gasteiger partial charge in [-0.05, 0) is 48.4 Å². The Hall–Kier alpha value is -2.59. The Morgan fingerprint density at radius 2 is 1.66 bits per heavy atom. The Morgan fingerprint density at radius 3 is 2.26 bits per heavy atom. The first-order valence-corrected chi connectivity index (χ1v) is 15.2. The van der Waals surface area contributed by atoms with Crippen molar-refractivity contribution in [1.29, 1.82) is 0 Å². The van der Waals surface area contributed by atoms with Crippen LogP contribution in [0.2, 0.25) is 10.0 Å². The smallest absolute Gasteiger partial charge is 0.244 e. The molecule has 0 saturated carbocycles. The molecule has 0 aliphatic carbocycles. The van der Waals surface area contributed by atoms with Gasteiger partial charge >= 0.3 is 0 Å². The summed E-state index contributed by atoms with van der Waals surface area (Å²) in [6.45, 7) is 1.70. The van der Waals surface area contributed by atoms with Crippen LogP contribution in [0.15, 0.2) is 77.3 Å². The van der Waals surface area contributed by atoms with Crippen LogP contribution in [0.3, 0.4) is 0 Å². The van der Waals surface area contributed by atoms with Crippen LogP contribution in [0.5, 0.6) is 0 Å². The molecule has 3 aromatic carbocycles. The van der Waals surface area contributed by atoms with Gasteiger partial charge in [-0.15, -0.1) is 0 Å². The molecule has 0 saturated heterocycles. The zero-order valence-corrected chi connectivity index (χ0v) is 24.8. The molecule has 0 bridgehead atoms. The molecule has 0 aromatic heterocycles. The van der Waals surface area contributed by atoms with Crippen molar-refractivity contribution in [2.24, 2.45) is 0 Å². The van der Waals surface area contributed by atoms with Crippen molar-refractivity contribution in [3.63, 3.8) is 0 Å². The Morgan fingerprint density at radius 1 is 0.974 bits per heavy atom. The van der Waals surface area contributed by atoms with Gasteiger partial charge in [-0.1, -0.05) is 81.6 Å². The number of nitrogens with one attached hydrogen (secondary N) is 1. The Balaban J connectivity index is 2.06. The number of benzene rings is 3. The third kappa shape index (κ3) is 8.20. The molecule has 0 radical (unpaired) electrons. The number of rotatable bonds is 11. The molecule has 202 valence electrons. The zero-order chi connectivity index (χ0) is 27.9. The van der Waals surface area contributed by atoms with Gasteiger partial charge in [0.15, 0.2) is 0 Å². The van der Waals surface area contributed by atoms with Gasteiger partial charge in [0, 0.05) is 29.0 Å². The highest BCUT2D eigenvalue weighted by Gasteiger charge is 2.33. The van der Waals surface area contributed by atoms with Gasteiger partial charge in [0.2, 0.25) is 21.8 Å². The zero-order valence-electron chi connectivity index (χ0n) is 20.9. The van der Waals surface area contributed by atoms with Gasteiger partial charge in [0.25, 0.3) is 0 Å². The van der Waals surface area contributed by atoms with E-state index in [0.717, 1.165) is 26.2 Å². The van der Waals surface area contributed by atoms with E-state index in [4.69, 9.17) is 23.2 Å². The summed E-state index contributed by atoms with van der Waals surface area (Å²) >= 11 is 15.8. The number of halogens is 3. The highest BCUT2D eigenvalue weighted by Crippen LogP contribution is 2.30. The molecule has 2 amide bonds. The second-order valence-corrected chi connectivity index (χ2v) is 12.3. The fourth-order valence-electron chi connectivity index (χ4n) is 3.96. The minimum Gasteiger partial charge on any atom is -0.355 e. The average Bonchev–Trinajstić information content (AvgIpc) is 2.85. The van der Waals surface area contributed by atoms with Gasteiger partial charge in [0.1, 0.15) is 12.6 Å². The molecule has 11 heteroatoms. The van der Waals surface area contributed by atoms with Gasteiger partial charge in [-0.25, -0.2) is 8.42 Å². The number of likely N-dealkylation sites (N-methyl/N-ethyl adjacent to an activating group) is 1. The summed E-state index contributed by atoms with van der Waals surface area (Å²) in [6.07, 6.45) is 1.24. The summed E-state index contributed by atoms with van der Waals surface area (Å²) in [7, 11) is -3.93. The predicted molar refractivity (Wildman–Crippen MR) is 156 cm³/mol. The lowest BCUT2D eigenvalue weighted by Gasteiger charge is -2.33. The highest BCUT2D eigenvalue weighted by molar-refractivity contribution is 9.10. The summed E-state index contributed by atoms with van der Waals surface area (Å²) in [4.78, 5) is 28.7. The van der Waals surface area contributed by atoms with Gasteiger partial charge in [-0.3, -0.25) is 13.9 Å². The second-order valence-electron chi connectivity index (χ2n) is 8.62. The molecule has 1 N–H and O–H groups in total. The van der Waals surface area contributed by atoms with Crippen molar-refractivity contribution in [3.8, 4) is 0 Å². The highest BCUT2D eigenvalue weighted by atomic mass is 79.9. The number of carbonyl (C=O) groups is 2. The maximum Gasteiger partial charge on any atom is 0.244 e. The molecule has 0 fully saturated rings. The van der Waals surface area contributed by atoms with Crippen LogP contribution < -0.4 is 9.62 Å². The van der Waals surface area contributed by atoms with Crippen LogP contribution in [0.4, 0.5) is 5.69 Å². The fraction of sp³-hybridized carbons (Fsp3) is 0.259. The number of carbonyl (C=O) groups excluding carboxylic acids is 2. The van der Waals surface area contributed by atoms with Crippen LogP contribution in [-0.4, -0.2) is 50.5 Å². The first-order chi connectivity index (χ1) is 18.0. The number of sulfonamides is 1. The largest absolute Gasteiger partial charge is 0.355 e. The van der Waals surface area contributed by atoms with Crippen molar-refractivity contribution in [2.75, 3.05) is 23.7 Å². The normalized spacial score (nSPS) is 12.0. The molecule has 0 aliphatic heterocycles. The molecule has 3 aromatic rings. The lowest BCUT2D eigenvalue weighted by atomic mass is 10.0. The van der Waals surface area contributed by atoms with Gasteiger partial charge in [0.05, 0.1) is 17.0 Å². The maximum absolute atomic E-state index is 13.9. The van der Waals surface area contributed by atoms with E-state index in [1.54, 1.807) is 6.92 Å². The number of amides is 2. The second kappa shape index (κ2) is 13.5. The molecule has 7 nitrogen and oxygen atoms in total. The Labute approximate surface area is 241 Å². The number of nitrogens with zero attached hydrogens (tertiary/aromatic N) is 2. The van der Waals surface area contributed by atoms with Gasteiger partial charge < -0.3 is 10.2 Å². The third-order valence-electron chi connectivity index (χ3n) is 5.72. The summed E-state index contributed by atoms with van der Waals surface area (Å²) in [5.74, 6) is -0.899. The van der Waals surface area contributed by atoms with E-state index in [1.807, 2.05) is 54.6 Å². The Kier molecular flexibility index (Phi) is 10.6. The van der Waals surface area contributed by atoms with E-state index in [-0.39, 0.29) is 29.6 Å². The molecule has 0 spiro atoms. The van der Waals surface area contributed by atoms with Crippen LogP contribution in [0.1, 0.15) is 18.1 Å². The maximum atomic E-state index is 13.9. The molecule has 1 atom stereocenters. The quantitative estimate of drug-likeness (QED) is 0.308. The molecule has 0 unspecified atom stereocenters. The molecule has 38 heavy (non-hydrogen) atoms. The van der Waals surface area contributed by atoms with E-state index in [0.29, 0.717) is 11.6 Å². The van der Waals surface area contributed by atoms with E-state index in [1.165, 1.54) is 23.1 Å². The van der Waals surface area contributed by atoms with Crippen molar-refractivity contribution < 1.29 is 18.0 Å². The number of hydrogen-bond acceptors (Lipinski definition) is 4. The van der Waals surface area contributed by atoms with E-state index in [9.17, 15) is 18.0 Å².